The summed E-state index contributed by atoms with van der Waals surface area (Å²) < 4.78 is 19.0. The third-order valence-corrected chi connectivity index (χ3v) is 12.8. The van der Waals surface area contributed by atoms with Crippen molar-refractivity contribution >= 4 is 18.7 Å². The maximum atomic E-state index is 7.01. The van der Waals surface area contributed by atoms with E-state index in [4.69, 9.17) is 13.9 Å². The summed E-state index contributed by atoms with van der Waals surface area (Å²) in [5, 5.41) is 2.72. The molecule has 0 aliphatic carbocycles. The van der Waals surface area contributed by atoms with Gasteiger partial charge in [0, 0.05) is 13.2 Å². The number of hydrogen-bond donors (Lipinski definition) is 0. The first-order chi connectivity index (χ1) is 19.5. The van der Waals surface area contributed by atoms with Gasteiger partial charge < -0.3 is 13.9 Å². The molecule has 1 fully saturated rings. The molecule has 3 nitrogen and oxygen atoms in total. The molecule has 1 aliphatic heterocycles. The van der Waals surface area contributed by atoms with E-state index in [1.165, 1.54) is 29.6 Å². The average Bonchev–Trinajstić information content (AvgIpc) is 2.97. The van der Waals surface area contributed by atoms with E-state index in [1.807, 2.05) is 6.08 Å². The van der Waals surface area contributed by atoms with Gasteiger partial charge in [-0.3, -0.25) is 0 Å². The number of benzene rings is 2. The van der Waals surface area contributed by atoms with Crippen LogP contribution in [0.1, 0.15) is 98.3 Å². The highest BCUT2D eigenvalue weighted by Crippen LogP contribution is 2.36. The fourth-order valence-electron chi connectivity index (χ4n) is 5.57. The summed E-state index contributed by atoms with van der Waals surface area (Å²) in [7, 11) is -2.43. The van der Waals surface area contributed by atoms with Crippen molar-refractivity contribution in [1.29, 1.82) is 0 Å². The Balaban J connectivity index is 1.48. The Bertz CT molecular complexity index is 987. The fourth-order valence-corrected chi connectivity index (χ4v) is 10.2. The molecule has 0 aromatic heterocycles. The van der Waals surface area contributed by atoms with Gasteiger partial charge in [-0.15, -0.1) is 0 Å². The molecule has 2 aromatic carbocycles. The summed E-state index contributed by atoms with van der Waals surface area (Å²) in [6.45, 7) is 10.8. The van der Waals surface area contributed by atoms with Gasteiger partial charge in [-0.05, 0) is 72.9 Å². The summed E-state index contributed by atoms with van der Waals surface area (Å²) in [5.74, 6) is 6.59. The minimum atomic E-state index is -2.43. The lowest BCUT2D eigenvalue weighted by atomic mass is 10.1. The molecule has 0 N–H and O–H groups in total. The van der Waals surface area contributed by atoms with Gasteiger partial charge in [-0.25, -0.2) is 0 Å². The Morgan fingerprint density at radius 2 is 1.62 bits per heavy atom. The van der Waals surface area contributed by atoms with Gasteiger partial charge in [0.1, 0.15) is 6.10 Å². The maximum Gasteiger partial charge on any atom is 0.261 e. The summed E-state index contributed by atoms with van der Waals surface area (Å²) in [5.41, 5.74) is 0. The molecule has 40 heavy (non-hydrogen) atoms. The first kappa shape index (κ1) is 32.4. The van der Waals surface area contributed by atoms with Crippen LogP contribution in [0.2, 0.25) is 5.04 Å². The van der Waals surface area contributed by atoms with Crippen LogP contribution >= 0.6 is 0 Å². The van der Waals surface area contributed by atoms with Crippen LogP contribution < -0.4 is 10.4 Å². The van der Waals surface area contributed by atoms with Gasteiger partial charge in [0.05, 0.1) is 0 Å². The van der Waals surface area contributed by atoms with Gasteiger partial charge in [0.2, 0.25) is 0 Å². The normalized spacial score (nSPS) is 16.9. The van der Waals surface area contributed by atoms with E-state index >= 15 is 0 Å². The zero-order chi connectivity index (χ0) is 28.5. The summed E-state index contributed by atoms with van der Waals surface area (Å²) >= 11 is 0. The van der Waals surface area contributed by atoms with Crippen molar-refractivity contribution in [3.8, 4) is 11.8 Å². The molecule has 0 bridgehead atoms. The molecule has 0 radical (unpaired) electrons. The predicted molar refractivity (Wildman–Crippen MR) is 172 cm³/mol. The number of rotatable bonds is 15. The van der Waals surface area contributed by atoms with Crippen molar-refractivity contribution in [1.82, 2.24) is 0 Å². The Labute approximate surface area is 245 Å². The predicted octanol–water partition coefficient (Wildman–Crippen LogP) is 8.18. The molecule has 0 amide bonds. The zero-order valence-corrected chi connectivity index (χ0v) is 26.5. The van der Waals surface area contributed by atoms with Crippen molar-refractivity contribution in [2.45, 2.75) is 116 Å². The van der Waals surface area contributed by atoms with Gasteiger partial charge in [0.15, 0.2) is 6.29 Å². The first-order valence-electron chi connectivity index (χ1n) is 15.7. The standard InChI is InChI=1S/C36H52O3Si/c1-5-6-14-23-32(39-35-29-20-22-30-37-35)24-15-10-8-7-9-11-21-31-38-40(36(2,3)4,33-25-16-12-17-26-33)34-27-18-13-19-28-34/h8,10,12-13,16-19,25-28,32,35H,5-7,9,11,14,20-23,29-31H2,1-4H3/t32-,35?/m1/s1. The second-order valence-corrected chi connectivity index (χ2v) is 16.3. The van der Waals surface area contributed by atoms with Crippen molar-refractivity contribution in [2.75, 3.05) is 13.2 Å². The highest BCUT2D eigenvalue weighted by molar-refractivity contribution is 6.99. The van der Waals surface area contributed by atoms with Gasteiger partial charge in [-0.2, -0.15) is 0 Å². The van der Waals surface area contributed by atoms with E-state index in [0.717, 1.165) is 64.6 Å². The van der Waals surface area contributed by atoms with Crippen LogP contribution in [0.25, 0.3) is 0 Å². The number of unbranched alkanes of at least 4 members (excludes halogenated alkanes) is 5. The molecule has 1 heterocycles. The Kier molecular flexibility index (Phi) is 14.2. The minimum Gasteiger partial charge on any atom is -0.407 e. The van der Waals surface area contributed by atoms with Crippen molar-refractivity contribution in [2.24, 2.45) is 0 Å². The van der Waals surface area contributed by atoms with Crippen LogP contribution in [0, 0.1) is 11.8 Å². The van der Waals surface area contributed by atoms with Crippen LogP contribution in [-0.2, 0) is 13.9 Å². The Hall–Kier alpha value is -2.16. The maximum absolute atomic E-state index is 7.01. The van der Waals surface area contributed by atoms with Crippen LogP contribution in [0.15, 0.2) is 72.8 Å². The van der Waals surface area contributed by atoms with Gasteiger partial charge in [0.25, 0.3) is 8.32 Å². The van der Waals surface area contributed by atoms with Crippen LogP contribution in [0.3, 0.4) is 0 Å². The van der Waals surface area contributed by atoms with E-state index in [0.29, 0.717) is 0 Å². The molecule has 1 saturated heterocycles. The molecule has 3 rings (SSSR count). The van der Waals surface area contributed by atoms with Crippen molar-refractivity contribution < 1.29 is 13.9 Å². The molecule has 218 valence electrons. The molecule has 2 atom stereocenters. The Morgan fingerprint density at radius 3 is 2.23 bits per heavy atom. The lowest BCUT2D eigenvalue weighted by Gasteiger charge is -2.43. The van der Waals surface area contributed by atoms with Gasteiger partial charge >= 0.3 is 0 Å². The lowest BCUT2D eigenvalue weighted by Crippen LogP contribution is -2.66. The molecule has 0 saturated carbocycles. The lowest BCUT2D eigenvalue weighted by molar-refractivity contribution is -0.177. The minimum absolute atomic E-state index is 0.0261. The smallest absolute Gasteiger partial charge is 0.261 e. The van der Waals surface area contributed by atoms with Crippen molar-refractivity contribution in [3.05, 3.63) is 72.8 Å². The van der Waals surface area contributed by atoms with Crippen LogP contribution in [0.5, 0.6) is 0 Å². The monoisotopic (exact) mass is 560 g/mol. The quantitative estimate of drug-likeness (QED) is 0.125. The number of hydrogen-bond acceptors (Lipinski definition) is 3. The molecule has 1 unspecified atom stereocenters. The number of ether oxygens (including phenoxy) is 2. The van der Waals surface area contributed by atoms with E-state index < -0.39 is 8.32 Å². The molecule has 1 aliphatic rings. The molecule has 2 aromatic rings. The molecular formula is C36H52O3Si. The second kappa shape index (κ2) is 17.6. The van der Waals surface area contributed by atoms with E-state index in [2.05, 4.69) is 106 Å². The zero-order valence-electron chi connectivity index (χ0n) is 25.5. The largest absolute Gasteiger partial charge is 0.407 e. The molecule has 0 spiro atoms. The summed E-state index contributed by atoms with van der Waals surface area (Å²) in [4.78, 5) is 0. The highest BCUT2D eigenvalue weighted by Gasteiger charge is 2.49. The average molecular weight is 561 g/mol. The molecular weight excluding hydrogens is 508 g/mol. The van der Waals surface area contributed by atoms with Crippen LogP contribution in [-0.4, -0.2) is 33.9 Å². The summed E-state index contributed by atoms with van der Waals surface area (Å²) in [6, 6.07) is 21.8. The Morgan fingerprint density at radius 1 is 0.925 bits per heavy atom. The van der Waals surface area contributed by atoms with E-state index in [-0.39, 0.29) is 17.4 Å². The third-order valence-electron chi connectivity index (χ3n) is 7.72. The van der Waals surface area contributed by atoms with Crippen molar-refractivity contribution in [3.63, 3.8) is 0 Å². The van der Waals surface area contributed by atoms with E-state index in [9.17, 15) is 0 Å². The van der Waals surface area contributed by atoms with E-state index in [1.54, 1.807) is 0 Å². The topological polar surface area (TPSA) is 27.7 Å². The second-order valence-electron chi connectivity index (χ2n) is 12.0. The van der Waals surface area contributed by atoms with Gasteiger partial charge in [-0.1, -0.05) is 126 Å². The number of allylic oxidation sites excluding steroid dienone is 2. The first-order valence-corrected chi connectivity index (χ1v) is 17.6. The third kappa shape index (κ3) is 10.0. The summed E-state index contributed by atoms with van der Waals surface area (Å²) in [6.07, 6.45) is 16.4. The highest BCUT2D eigenvalue weighted by atomic mass is 28.4. The fraction of sp³-hybridized carbons (Fsp3) is 0.556. The SMILES string of the molecule is CCCCC[C@H](C#CC=CCCCCCO[Si](c1ccccc1)(c1ccccc1)C(C)(C)C)OC1CCCCO1. The molecule has 4 heteroatoms. The van der Waals surface area contributed by atoms with Crippen LogP contribution in [0.4, 0.5) is 0 Å².